The first-order chi connectivity index (χ1) is 9.44. The Hall–Kier alpha value is -1.98. The Morgan fingerprint density at radius 3 is 2.20 bits per heavy atom. The van der Waals surface area contributed by atoms with E-state index in [0.717, 1.165) is 11.0 Å². The molecule has 0 aromatic heterocycles. The minimum Gasteiger partial charge on any atom is -0.399 e. The van der Waals surface area contributed by atoms with Gasteiger partial charge in [0, 0.05) is 16.4 Å². The first-order valence-electron chi connectivity index (χ1n) is 5.77. The van der Waals surface area contributed by atoms with Gasteiger partial charge in [0.1, 0.15) is 0 Å². The molecule has 20 heavy (non-hydrogen) atoms. The summed E-state index contributed by atoms with van der Waals surface area (Å²) in [6.45, 7) is 0. The average molecular weight is 309 g/mol. The minimum absolute atomic E-state index is 0.458. The first-order valence-corrected chi connectivity index (χ1v) is 7.69. The van der Waals surface area contributed by atoms with Crippen molar-refractivity contribution < 1.29 is 8.42 Å². The van der Waals surface area contributed by atoms with Gasteiger partial charge in [-0.1, -0.05) is 23.7 Å². The van der Waals surface area contributed by atoms with Crippen LogP contribution in [0, 0.1) is 0 Å². The molecule has 0 unspecified atom stereocenters. The highest BCUT2D eigenvalue weighted by Crippen LogP contribution is 2.14. The Labute approximate surface area is 122 Å². The molecular weight excluding hydrogens is 296 g/mol. The molecule has 0 radical (unpaired) electrons. The van der Waals surface area contributed by atoms with Gasteiger partial charge in [0.2, 0.25) is 0 Å². The highest BCUT2D eigenvalue weighted by molar-refractivity contribution is 7.95. The molecule has 2 aromatic rings. The van der Waals surface area contributed by atoms with Crippen LogP contribution in [0.1, 0.15) is 5.56 Å². The van der Waals surface area contributed by atoms with Gasteiger partial charge in [0.15, 0.2) is 0 Å². The summed E-state index contributed by atoms with van der Waals surface area (Å²) >= 11 is 5.76. The van der Waals surface area contributed by atoms with Gasteiger partial charge in [-0.3, -0.25) is 4.72 Å². The number of rotatable bonds is 4. The zero-order valence-electron chi connectivity index (χ0n) is 10.5. The number of nitrogens with one attached hydrogen (secondary N) is 1. The molecule has 0 bridgehead atoms. The molecular formula is C14H13ClN2O2S. The van der Waals surface area contributed by atoms with Crippen LogP contribution in [-0.2, 0) is 10.0 Å². The normalized spacial score (nSPS) is 11.7. The van der Waals surface area contributed by atoms with E-state index in [-0.39, 0.29) is 0 Å². The summed E-state index contributed by atoms with van der Waals surface area (Å²) in [7, 11) is -3.56. The molecule has 0 spiro atoms. The summed E-state index contributed by atoms with van der Waals surface area (Å²) < 4.78 is 26.2. The number of nitrogen functional groups attached to an aromatic ring is 1. The van der Waals surface area contributed by atoms with Crippen molar-refractivity contribution in [1.29, 1.82) is 0 Å². The van der Waals surface area contributed by atoms with E-state index in [9.17, 15) is 8.42 Å². The highest BCUT2D eigenvalue weighted by Gasteiger charge is 2.05. The van der Waals surface area contributed by atoms with Crippen molar-refractivity contribution >= 4 is 39.1 Å². The van der Waals surface area contributed by atoms with Crippen LogP contribution in [0.4, 0.5) is 11.4 Å². The minimum atomic E-state index is -3.56. The molecule has 0 saturated carbocycles. The third-order valence-electron chi connectivity index (χ3n) is 2.48. The Balaban J connectivity index is 2.11. The number of nitrogens with two attached hydrogens (primary N) is 1. The summed E-state index contributed by atoms with van der Waals surface area (Å²) in [4.78, 5) is 0. The second-order valence-electron chi connectivity index (χ2n) is 4.12. The number of sulfonamides is 1. The smallest absolute Gasteiger partial charge is 0.255 e. The summed E-state index contributed by atoms with van der Waals surface area (Å²) in [5.41, 5.74) is 7.31. The second kappa shape index (κ2) is 5.98. The van der Waals surface area contributed by atoms with Crippen LogP contribution < -0.4 is 10.5 Å². The molecule has 0 amide bonds. The lowest BCUT2D eigenvalue weighted by Gasteiger charge is -2.04. The molecule has 2 rings (SSSR count). The highest BCUT2D eigenvalue weighted by atomic mass is 35.5. The Kier molecular flexibility index (Phi) is 4.32. The van der Waals surface area contributed by atoms with Crippen molar-refractivity contribution in [2.45, 2.75) is 0 Å². The van der Waals surface area contributed by atoms with E-state index < -0.39 is 10.0 Å². The molecule has 0 fully saturated rings. The zero-order chi connectivity index (χ0) is 14.6. The number of benzene rings is 2. The maximum Gasteiger partial charge on any atom is 0.255 e. The van der Waals surface area contributed by atoms with Crippen LogP contribution in [0.2, 0.25) is 5.02 Å². The third-order valence-corrected chi connectivity index (χ3v) is 3.75. The van der Waals surface area contributed by atoms with Crippen molar-refractivity contribution in [3.05, 3.63) is 64.5 Å². The monoisotopic (exact) mass is 308 g/mol. The van der Waals surface area contributed by atoms with Crippen molar-refractivity contribution in [1.82, 2.24) is 0 Å². The van der Waals surface area contributed by atoms with Crippen LogP contribution in [0.5, 0.6) is 0 Å². The predicted molar refractivity (Wildman–Crippen MR) is 83.9 cm³/mol. The van der Waals surface area contributed by atoms with Gasteiger partial charge in [-0.05, 0) is 48.0 Å². The van der Waals surface area contributed by atoms with E-state index in [0.29, 0.717) is 16.4 Å². The second-order valence-corrected chi connectivity index (χ2v) is 6.13. The fourth-order valence-corrected chi connectivity index (χ4v) is 2.49. The molecule has 104 valence electrons. The van der Waals surface area contributed by atoms with Gasteiger partial charge in [-0.25, -0.2) is 8.42 Å². The van der Waals surface area contributed by atoms with E-state index in [1.165, 1.54) is 6.08 Å². The average Bonchev–Trinajstić information content (AvgIpc) is 2.41. The predicted octanol–water partition coefficient (Wildman–Crippen LogP) is 3.33. The van der Waals surface area contributed by atoms with E-state index in [2.05, 4.69) is 4.72 Å². The molecule has 0 saturated heterocycles. The molecule has 0 aliphatic rings. The van der Waals surface area contributed by atoms with Crippen LogP contribution in [0.15, 0.2) is 53.9 Å². The standard InChI is InChI=1S/C14H13ClN2O2S/c15-12-3-1-11(2-4-12)9-10-20(18,19)17-14-7-5-13(16)6-8-14/h1-10,17H,16H2. The SMILES string of the molecule is Nc1ccc(NS(=O)(=O)C=Cc2ccc(Cl)cc2)cc1. The van der Waals surface area contributed by atoms with Gasteiger partial charge in [-0.2, -0.15) is 0 Å². The van der Waals surface area contributed by atoms with E-state index in [4.69, 9.17) is 17.3 Å². The molecule has 0 aliphatic carbocycles. The van der Waals surface area contributed by atoms with Crippen LogP contribution in [0.25, 0.3) is 6.08 Å². The molecule has 3 N–H and O–H groups in total. The molecule has 0 atom stereocenters. The van der Waals surface area contributed by atoms with E-state index in [1.807, 2.05) is 0 Å². The van der Waals surface area contributed by atoms with Gasteiger partial charge < -0.3 is 5.73 Å². The maximum absolute atomic E-state index is 11.9. The number of halogens is 1. The van der Waals surface area contributed by atoms with E-state index in [1.54, 1.807) is 48.5 Å². The van der Waals surface area contributed by atoms with Crippen molar-refractivity contribution in [2.24, 2.45) is 0 Å². The lowest BCUT2D eigenvalue weighted by Crippen LogP contribution is -2.08. The molecule has 2 aromatic carbocycles. The summed E-state index contributed by atoms with van der Waals surface area (Å²) in [5.74, 6) is 0. The van der Waals surface area contributed by atoms with Crippen LogP contribution in [-0.4, -0.2) is 8.42 Å². The van der Waals surface area contributed by atoms with Crippen molar-refractivity contribution in [3.63, 3.8) is 0 Å². The molecule has 0 aliphatic heterocycles. The molecule has 6 heteroatoms. The Morgan fingerprint density at radius 2 is 1.60 bits per heavy atom. The van der Waals surface area contributed by atoms with Crippen LogP contribution >= 0.6 is 11.6 Å². The first kappa shape index (κ1) is 14.4. The van der Waals surface area contributed by atoms with Gasteiger partial charge in [0.25, 0.3) is 10.0 Å². The maximum atomic E-state index is 11.9. The topological polar surface area (TPSA) is 72.2 Å². The van der Waals surface area contributed by atoms with Crippen molar-refractivity contribution in [2.75, 3.05) is 10.5 Å². The number of anilines is 2. The summed E-state index contributed by atoms with van der Waals surface area (Å²) in [5, 5.41) is 1.71. The third kappa shape index (κ3) is 4.29. The Bertz CT molecular complexity index is 708. The largest absolute Gasteiger partial charge is 0.399 e. The van der Waals surface area contributed by atoms with E-state index >= 15 is 0 Å². The lowest BCUT2D eigenvalue weighted by atomic mass is 10.2. The number of hydrogen-bond acceptors (Lipinski definition) is 3. The molecule has 4 nitrogen and oxygen atoms in total. The lowest BCUT2D eigenvalue weighted by molar-refractivity contribution is 0.609. The quantitative estimate of drug-likeness (QED) is 0.851. The Morgan fingerprint density at radius 1 is 1.00 bits per heavy atom. The van der Waals surface area contributed by atoms with Gasteiger partial charge in [0.05, 0.1) is 5.41 Å². The van der Waals surface area contributed by atoms with Gasteiger partial charge >= 0.3 is 0 Å². The zero-order valence-corrected chi connectivity index (χ0v) is 12.0. The summed E-state index contributed by atoms with van der Waals surface area (Å²) in [6, 6.07) is 13.3. The fraction of sp³-hybridized carbons (Fsp3) is 0. The number of hydrogen-bond donors (Lipinski definition) is 2. The fourth-order valence-electron chi connectivity index (χ4n) is 1.49. The molecule has 0 heterocycles. The summed E-state index contributed by atoms with van der Waals surface area (Å²) in [6.07, 6.45) is 1.50. The van der Waals surface area contributed by atoms with Gasteiger partial charge in [-0.15, -0.1) is 0 Å². The van der Waals surface area contributed by atoms with Crippen LogP contribution in [0.3, 0.4) is 0 Å². The van der Waals surface area contributed by atoms with Crippen molar-refractivity contribution in [3.8, 4) is 0 Å².